The van der Waals surface area contributed by atoms with Gasteiger partial charge in [-0.25, -0.2) is 4.39 Å². The molecule has 0 radical (unpaired) electrons. The molecule has 16 heavy (non-hydrogen) atoms. The molecule has 0 aliphatic carbocycles. The molecule has 1 aromatic carbocycles. The van der Waals surface area contributed by atoms with Gasteiger partial charge in [0.25, 0.3) is 0 Å². The summed E-state index contributed by atoms with van der Waals surface area (Å²) in [5.41, 5.74) is 0.369. The van der Waals surface area contributed by atoms with Gasteiger partial charge < -0.3 is 4.74 Å². The van der Waals surface area contributed by atoms with Crippen molar-refractivity contribution in [3.05, 3.63) is 29.6 Å². The van der Waals surface area contributed by atoms with Crippen LogP contribution in [0.1, 0.15) is 37.6 Å². The molecule has 0 aliphatic rings. The molecule has 1 atom stereocenters. The zero-order valence-electron chi connectivity index (χ0n) is 9.92. The Hall–Kier alpha value is -1.38. The third-order valence-electron chi connectivity index (χ3n) is 2.56. The first-order valence-corrected chi connectivity index (χ1v) is 5.47. The smallest absolute Gasteiger partial charge is 0.165 e. The van der Waals surface area contributed by atoms with E-state index < -0.39 is 5.82 Å². The van der Waals surface area contributed by atoms with Crippen LogP contribution < -0.4 is 4.74 Å². The molecule has 0 saturated carbocycles. The van der Waals surface area contributed by atoms with E-state index in [2.05, 4.69) is 6.92 Å². The highest BCUT2D eigenvalue weighted by Gasteiger charge is 2.08. The molecule has 0 spiro atoms. The van der Waals surface area contributed by atoms with Crippen LogP contribution in [0, 0.1) is 11.7 Å². The molecule has 0 amide bonds. The van der Waals surface area contributed by atoms with Gasteiger partial charge in [-0.1, -0.05) is 20.3 Å². The second-order valence-electron chi connectivity index (χ2n) is 4.03. The van der Waals surface area contributed by atoms with Gasteiger partial charge in [0.1, 0.15) is 0 Å². The van der Waals surface area contributed by atoms with E-state index in [1.54, 1.807) is 6.07 Å². The minimum Gasteiger partial charge on any atom is -0.490 e. The van der Waals surface area contributed by atoms with E-state index in [4.69, 9.17) is 4.74 Å². The Bertz CT molecular complexity index is 374. The highest BCUT2D eigenvalue weighted by Crippen LogP contribution is 2.19. The van der Waals surface area contributed by atoms with Crippen molar-refractivity contribution in [1.29, 1.82) is 0 Å². The van der Waals surface area contributed by atoms with Gasteiger partial charge in [-0.2, -0.15) is 0 Å². The van der Waals surface area contributed by atoms with Crippen molar-refractivity contribution in [2.45, 2.75) is 27.2 Å². The summed E-state index contributed by atoms with van der Waals surface area (Å²) in [5.74, 6) is -0.0134. The summed E-state index contributed by atoms with van der Waals surface area (Å²) >= 11 is 0. The molecule has 0 saturated heterocycles. The molecule has 1 unspecified atom stereocenters. The van der Waals surface area contributed by atoms with Crippen LogP contribution in [0.4, 0.5) is 4.39 Å². The van der Waals surface area contributed by atoms with E-state index in [1.807, 2.05) is 6.92 Å². The van der Waals surface area contributed by atoms with Gasteiger partial charge in [-0.15, -0.1) is 0 Å². The highest BCUT2D eigenvalue weighted by molar-refractivity contribution is 5.94. The summed E-state index contributed by atoms with van der Waals surface area (Å²) in [6.07, 6.45) is 0.993. The van der Waals surface area contributed by atoms with Gasteiger partial charge in [0, 0.05) is 5.56 Å². The van der Waals surface area contributed by atoms with Crippen LogP contribution in [0.5, 0.6) is 5.75 Å². The fraction of sp³-hybridized carbons (Fsp3) is 0.462. The van der Waals surface area contributed by atoms with Crippen LogP contribution >= 0.6 is 0 Å². The van der Waals surface area contributed by atoms with Gasteiger partial charge in [-0.05, 0) is 31.0 Å². The third-order valence-corrected chi connectivity index (χ3v) is 2.56. The Kier molecular flexibility index (Phi) is 4.47. The topological polar surface area (TPSA) is 26.3 Å². The second kappa shape index (κ2) is 5.64. The lowest BCUT2D eigenvalue weighted by Gasteiger charge is -2.11. The lowest BCUT2D eigenvalue weighted by molar-refractivity contribution is 0.101. The maximum atomic E-state index is 13.5. The predicted octanol–water partition coefficient (Wildman–Crippen LogP) is 3.45. The van der Waals surface area contributed by atoms with Gasteiger partial charge in [-0.3, -0.25) is 4.79 Å². The van der Waals surface area contributed by atoms with Crippen LogP contribution in [0.3, 0.4) is 0 Å². The standard InChI is InChI=1S/C13H17FO2/c1-4-9(2)8-16-13-6-5-11(10(3)15)7-12(13)14/h5-7,9H,4,8H2,1-3H3. The molecule has 0 aromatic heterocycles. The molecule has 3 heteroatoms. The fourth-order valence-electron chi connectivity index (χ4n) is 1.19. The van der Waals surface area contributed by atoms with Crippen molar-refractivity contribution in [1.82, 2.24) is 0 Å². The van der Waals surface area contributed by atoms with E-state index in [-0.39, 0.29) is 11.5 Å². The predicted molar refractivity (Wildman–Crippen MR) is 61.4 cm³/mol. The molecule has 1 aromatic rings. The lowest BCUT2D eigenvalue weighted by Crippen LogP contribution is -2.08. The van der Waals surface area contributed by atoms with Crippen LogP contribution in [0.2, 0.25) is 0 Å². The fourth-order valence-corrected chi connectivity index (χ4v) is 1.19. The summed E-state index contributed by atoms with van der Waals surface area (Å²) in [7, 11) is 0. The maximum Gasteiger partial charge on any atom is 0.165 e. The first-order chi connectivity index (χ1) is 7.54. The van der Waals surface area contributed by atoms with Gasteiger partial charge in [0.15, 0.2) is 17.3 Å². The molecule has 0 heterocycles. The number of carbonyl (C=O) groups is 1. The number of ether oxygens (including phenoxy) is 1. The molecule has 88 valence electrons. The summed E-state index contributed by atoms with van der Waals surface area (Å²) in [6, 6.07) is 4.31. The van der Waals surface area contributed by atoms with Crippen molar-refractivity contribution in [2.75, 3.05) is 6.61 Å². The lowest BCUT2D eigenvalue weighted by atomic mass is 10.1. The van der Waals surface area contributed by atoms with E-state index in [9.17, 15) is 9.18 Å². The normalized spacial score (nSPS) is 12.2. The van der Waals surface area contributed by atoms with Crippen molar-refractivity contribution in [3.63, 3.8) is 0 Å². The quantitative estimate of drug-likeness (QED) is 0.716. The average molecular weight is 224 g/mol. The number of hydrogen-bond donors (Lipinski definition) is 0. The zero-order valence-corrected chi connectivity index (χ0v) is 9.92. The molecule has 1 rings (SSSR count). The van der Waals surface area contributed by atoms with Crippen LogP contribution in [0.15, 0.2) is 18.2 Å². The average Bonchev–Trinajstić information content (AvgIpc) is 2.26. The Balaban J connectivity index is 2.72. The largest absolute Gasteiger partial charge is 0.490 e. The third kappa shape index (κ3) is 3.33. The van der Waals surface area contributed by atoms with Crippen molar-refractivity contribution < 1.29 is 13.9 Å². The number of hydrogen-bond acceptors (Lipinski definition) is 2. The molecule has 0 N–H and O–H groups in total. The van der Waals surface area contributed by atoms with Crippen LogP contribution in [0.25, 0.3) is 0 Å². The van der Waals surface area contributed by atoms with E-state index in [0.717, 1.165) is 6.42 Å². The van der Waals surface area contributed by atoms with Gasteiger partial charge >= 0.3 is 0 Å². The van der Waals surface area contributed by atoms with E-state index >= 15 is 0 Å². The number of ketones is 1. The number of rotatable bonds is 5. The molecule has 0 aliphatic heterocycles. The number of benzene rings is 1. The minimum absolute atomic E-state index is 0.146. The van der Waals surface area contributed by atoms with Crippen molar-refractivity contribution in [2.24, 2.45) is 5.92 Å². The summed E-state index contributed by atoms with van der Waals surface area (Å²) in [4.78, 5) is 11.0. The second-order valence-corrected chi connectivity index (χ2v) is 4.03. The van der Waals surface area contributed by atoms with Crippen LogP contribution in [-0.4, -0.2) is 12.4 Å². The van der Waals surface area contributed by atoms with Gasteiger partial charge in [0.05, 0.1) is 6.61 Å². The SMILES string of the molecule is CCC(C)COc1ccc(C(C)=O)cc1F. The van der Waals surface area contributed by atoms with Crippen LogP contribution in [-0.2, 0) is 0 Å². The molecular weight excluding hydrogens is 207 g/mol. The molecule has 0 bridgehead atoms. The first-order valence-electron chi connectivity index (χ1n) is 5.47. The van der Waals surface area contributed by atoms with Gasteiger partial charge in [0.2, 0.25) is 0 Å². The number of Topliss-reactive ketones (excluding diaryl/α,β-unsaturated/α-hetero) is 1. The molecule has 0 fully saturated rings. The Labute approximate surface area is 95.4 Å². The maximum absolute atomic E-state index is 13.5. The Morgan fingerprint density at radius 3 is 2.69 bits per heavy atom. The van der Waals surface area contributed by atoms with Crippen molar-refractivity contribution in [3.8, 4) is 5.75 Å². The summed E-state index contributed by atoms with van der Waals surface area (Å²) < 4.78 is 18.8. The first kappa shape index (κ1) is 12.7. The van der Waals surface area contributed by atoms with E-state index in [0.29, 0.717) is 18.1 Å². The highest BCUT2D eigenvalue weighted by atomic mass is 19.1. The minimum atomic E-state index is -0.476. The number of halogens is 1. The molecule has 2 nitrogen and oxygen atoms in total. The number of carbonyl (C=O) groups excluding carboxylic acids is 1. The Morgan fingerprint density at radius 2 is 2.19 bits per heavy atom. The summed E-state index contributed by atoms with van der Waals surface area (Å²) in [5, 5.41) is 0. The van der Waals surface area contributed by atoms with Crippen molar-refractivity contribution >= 4 is 5.78 Å². The van der Waals surface area contributed by atoms with E-state index in [1.165, 1.54) is 19.1 Å². The Morgan fingerprint density at radius 1 is 1.50 bits per heavy atom. The zero-order chi connectivity index (χ0) is 12.1. The summed E-state index contributed by atoms with van der Waals surface area (Å²) in [6.45, 7) is 6.01. The monoisotopic (exact) mass is 224 g/mol. The molecular formula is C13H17FO2.